The molecule has 2 aromatic carbocycles. The molecule has 0 aliphatic heterocycles. The zero-order valence-electron chi connectivity index (χ0n) is 18.9. The average molecular weight is 490 g/mol. The average Bonchev–Trinajstić information content (AvgIpc) is 3.79. The van der Waals surface area contributed by atoms with Crippen molar-refractivity contribution in [1.82, 2.24) is 25.7 Å². The van der Waals surface area contributed by atoms with Crippen LogP contribution in [0.2, 0.25) is 5.02 Å². The molecular weight excluding hydrogens is 466 g/mol. The van der Waals surface area contributed by atoms with Gasteiger partial charge in [-0.1, -0.05) is 35.7 Å². The Bertz CT molecular complexity index is 1380. The minimum atomic E-state index is -0.820. The van der Waals surface area contributed by atoms with Gasteiger partial charge in [0.15, 0.2) is 0 Å². The van der Waals surface area contributed by atoms with E-state index in [2.05, 4.69) is 33.0 Å². The van der Waals surface area contributed by atoms with Gasteiger partial charge in [0, 0.05) is 23.7 Å². The van der Waals surface area contributed by atoms with Crippen molar-refractivity contribution in [3.05, 3.63) is 64.3 Å². The molecule has 1 heterocycles. The smallest absolute Gasteiger partial charge is 0.310 e. The summed E-state index contributed by atoms with van der Waals surface area (Å²) < 4.78 is 1.98. The third-order valence-electron chi connectivity index (χ3n) is 6.41. The number of hydrogen-bond donors (Lipinski definition) is 3. The number of nitrogens with one attached hydrogen (secondary N) is 3. The van der Waals surface area contributed by atoms with Crippen LogP contribution in [-0.2, 0) is 21.7 Å². The van der Waals surface area contributed by atoms with E-state index >= 15 is 0 Å². The lowest BCUT2D eigenvalue weighted by atomic mass is 10.0. The van der Waals surface area contributed by atoms with Crippen LogP contribution in [-0.4, -0.2) is 34.0 Å². The van der Waals surface area contributed by atoms with Crippen LogP contribution in [0.25, 0.3) is 10.9 Å². The Kier molecular flexibility index (Phi) is 5.95. The number of terminal acetylenes is 1. The summed E-state index contributed by atoms with van der Waals surface area (Å²) in [7, 11) is 0. The molecule has 0 bridgehead atoms. The van der Waals surface area contributed by atoms with E-state index in [1.165, 1.54) is 0 Å². The first-order valence-corrected chi connectivity index (χ1v) is 11.9. The number of benzene rings is 2. The molecule has 1 aromatic heterocycles. The highest BCUT2D eigenvalue weighted by Gasteiger charge is 2.46. The maximum atomic E-state index is 13.3. The van der Waals surface area contributed by atoms with Gasteiger partial charge < -0.3 is 16.0 Å². The van der Waals surface area contributed by atoms with Gasteiger partial charge in [0.1, 0.15) is 5.52 Å². The van der Waals surface area contributed by atoms with Crippen LogP contribution < -0.4 is 16.0 Å². The first-order valence-electron chi connectivity index (χ1n) is 11.5. The van der Waals surface area contributed by atoms with Crippen LogP contribution in [0.1, 0.15) is 53.2 Å². The van der Waals surface area contributed by atoms with Crippen LogP contribution in [0.4, 0.5) is 0 Å². The molecule has 2 saturated carbocycles. The quantitative estimate of drug-likeness (QED) is 0.350. The van der Waals surface area contributed by atoms with Crippen molar-refractivity contribution in [1.29, 1.82) is 0 Å². The minimum Gasteiger partial charge on any atom is -0.344 e. The fourth-order valence-electron chi connectivity index (χ4n) is 4.17. The van der Waals surface area contributed by atoms with Crippen molar-refractivity contribution >= 4 is 40.2 Å². The first kappa shape index (κ1) is 22.9. The molecule has 8 nitrogen and oxygen atoms in total. The number of nitrogens with zero attached hydrogens (tertiary/aromatic N) is 2. The monoisotopic (exact) mass is 489 g/mol. The summed E-state index contributed by atoms with van der Waals surface area (Å²) in [4.78, 5) is 37.0. The molecular formula is C26H24ClN5O3. The van der Waals surface area contributed by atoms with Crippen molar-refractivity contribution in [2.24, 2.45) is 0 Å². The van der Waals surface area contributed by atoms with Crippen molar-refractivity contribution in [2.45, 2.75) is 43.8 Å². The van der Waals surface area contributed by atoms with E-state index < -0.39 is 17.4 Å². The second-order valence-electron chi connectivity index (χ2n) is 9.00. The molecule has 178 valence electrons. The van der Waals surface area contributed by atoms with Crippen molar-refractivity contribution in [2.75, 3.05) is 6.54 Å². The van der Waals surface area contributed by atoms with Crippen molar-refractivity contribution in [3.8, 4) is 12.3 Å². The van der Waals surface area contributed by atoms with E-state index in [1.807, 2.05) is 16.9 Å². The van der Waals surface area contributed by atoms with Crippen LogP contribution in [0.3, 0.4) is 0 Å². The Labute approximate surface area is 207 Å². The van der Waals surface area contributed by atoms with Gasteiger partial charge in [0.05, 0.1) is 23.1 Å². The number of halogens is 1. The first-order chi connectivity index (χ1) is 16.9. The summed E-state index contributed by atoms with van der Waals surface area (Å²) in [6, 6.07) is 11.4. The normalized spacial score (nSPS) is 15.8. The van der Waals surface area contributed by atoms with Crippen LogP contribution in [0, 0.1) is 12.3 Å². The summed E-state index contributed by atoms with van der Waals surface area (Å²) in [5.74, 6) is 0.345. The van der Waals surface area contributed by atoms with Gasteiger partial charge in [-0.2, -0.15) is 5.10 Å². The standard InChI is InChI=1S/C26H24ClN5O3/c1-2-11-28-24(34)25(35)29-14-16-5-3-4-6-20(16)23(33)30-26(9-10-26)18-12-17-15-32(19-7-8-19)31-22(17)21(27)13-18/h1,3-6,12-13,15,19H,7-11,14H2,(H,28,34)(H,29,35)(H,30,33). The second-order valence-corrected chi connectivity index (χ2v) is 9.41. The van der Waals surface area contributed by atoms with E-state index in [9.17, 15) is 14.4 Å². The Morgan fingerprint density at radius 1 is 1.14 bits per heavy atom. The molecule has 2 aliphatic carbocycles. The molecule has 0 radical (unpaired) electrons. The Hall–Kier alpha value is -3.83. The Morgan fingerprint density at radius 2 is 1.89 bits per heavy atom. The number of rotatable bonds is 7. The van der Waals surface area contributed by atoms with Gasteiger partial charge in [-0.3, -0.25) is 19.1 Å². The van der Waals surface area contributed by atoms with Crippen molar-refractivity contribution in [3.63, 3.8) is 0 Å². The van der Waals surface area contributed by atoms with E-state index in [0.29, 0.717) is 22.2 Å². The highest BCUT2D eigenvalue weighted by Crippen LogP contribution is 2.47. The summed E-state index contributed by atoms with van der Waals surface area (Å²) in [6.07, 6.45) is 11.0. The maximum absolute atomic E-state index is 13.3. The molecule has 9 heteroatoms. The highest BCUT2D eigenvalue weighted by molar-refractivity contribution is 6.35. The van der Waals surface area contributed by atoms with E-state index in [4.69, 9.17) is 18.0 Å². The molecule has 2 fully saturated rings. The van der Waals surface area contributed by atoms with E-state index in [-0.39, 0.29) is 19.0 Å². The third-order valence-corrected chi connectivity index (χ3v) is 6.70. The fraction of sp³-hybridized carbons (Fsp3) is 0.308. The topological polar surface area (TPSA) is 105 Å². The maximum Gasteiger partial charge on any atom is 0.310 e. The zero-order chi connectivity index (χ0) is 24.6. The molecule has 0 saturated heterocycles. The van der Waals surface area contributed by atoms with Crippen LogP contribution >= 0.6 is 11.6 Å². The third kappa shape index (κ3) is 4.73. The predicted octanol–water partition coefficient (Wildman–Crippen LogP) is 2.81. The van der Waals surface area contributed by atoms with Gasteiger partial charge in [0.25, 0.3) is 5.91 Å². The fourth-order valence-corrected chi connectivity index (χ4v) is 4.44. The number of aromatic nitrogens is 2. The summed E-state index contributed by atoms with van der Waals surface area (Å²) >= 11 is 6.57. The largest absolute Gasteiger partial charge is 0.344 e. The SMILES string of the molecule is C#CCNC(=O)C(=O)NCc1ccccc1C(=O)NC1(c2cc(Cl)c3nn(C4CC4)cc3c2)CC1. The van der Waals surface area contributed by atoms with E-state index in [1.54, 1.807) is 24.3 Å². The van der Waals surface area contributed by atoms with Gasteiger partial charge in [-0.25, -0.2) is 0 Å². The molecule has 0 spiro atoms. The molecule has 35 heavy (non-hydrogen) atoms. The summed E-state index contributed by atoms with van der Waals surface area (Å²) in [5.41, 5.74) is 2.25. The Balaban J connectivity index is 1.32. The molecule has 0 unspecified atom stereocenters. The lowest BCUT2D eigenvalue weighted by Crippen LogP contribution is -2.40. The second kappa shape index (κ2) is 9.08. The lowest BCUT2D eigenvalue weighted by molar-refractivity contribution is -0.139. The zero-order valence-corrected chi connectivity index (χ0v) is 19.7. The number of carbonyl (C=O) groups is 3. The Morgan fingerprint density at radius 3 is 2.60 bits per heavy atom. The summed E-state index contributed by atoms with van der Waals surface area (Å²) in [6.45, 7) is -0.0124. The number of fused-ring (bicyclic) bond motifs is 1. The molecule has 3 amide bonds. The minimum absolute atomic E-state index is 0.0248. The predicted molar refractivity (Wildman–Crippen MR) is 132 cm³/mol. The van der Waals surface area contributed by atoms with Gasteiger partial charge in [-0.15, -0.1) is 6.42 Å². The van der Waals surface area contributed by atoms with Gasteiger partial charge in [-0.05, 0) is 55.0 Å². The molecule has 3 aromatic rings. The van der Waals surface area contributed by atoms with E-state index in [0.717, 1.165) is 42.1 Å². The van der Waals surface area contributed by atoms with Gasteiger partial charge in [0.2, 0.25) is 0 Å². The highest BCUT2D eigenvalue weighted by atomic mass is 35.5. The van der Waals surface area contributed by atoms with Crippen molar-refractivity contribution < 1.29 is 14.4 Å². The molecule has 2 aliphatic rings. The summed E-state index contributed by atoms with van der Waals surface area (Å²) in [5, 5.41) is 14.2. The van der Waals surface area contributed by atoms with Gasteiger partial charge >= 0.3 is 11.8 Å². The molecule has 3 N–H and O–H groups in total. The van der Waals surface area contributed by atoms with Crippen LogP contribution in [0.15, 0.2) is 42.6 Å². The number of hydrogen-bond acceptors (Lipinski definition) is 4. The number of carbonyl (C=O) groups excluding carboxylic acids is 3. The lowest BCUT2D eigenvalue weighted by Gasteiger charge is -2.20. The molecule has 5 rings (SSSR count). The van der Waals surface area contributed by atoms with Crippen LogP contribution in [0.5, 0.6) is 0 Å². The molecule has 0 atom stereocenters. The number of amides is 3.